The van der Waals surface area contributed by atoms with Crippen LogP contribution < -0.4 is 14.8 Å². The van der Waals surface area contributed by atoms with Crippen LogP contribution >= 0.6 is 11.3 Å². The summed E-state index contributed by atoms with van der Waals surface area (Å²) in [6.07, 6.45) is -0.00541. The molecule has 8 nitrogen and oxygen atoms in total. The Bertz CT molecular complexity index is 791. The lowest BCUT2D eigenvalue weighted by atomic mass is 10.2. The number of aromatic nitrogens is 1. The molecule has 2 N–H and O–H groups in total. The first-order valence-electron chi connectivity index (χ1n) is 7.42. The molecule has 9 heteroatoms. The van der Waals surface area contributed by atoms with E-state index in [9.17, 15) is 9.59 Å². The van der Waals surface area contributed by atoms with Gasteiger partial charge in [0.15, 0.2) is 17.5 Å². The molecule has 1 aromatic heterocycles. The number of fused-ring (bicyclic) bond motifs is 1. The van der Waals surface area contributed by atoms with Gasteiger partial charge >= 0.3 is 5.97 Å². The highest BCUT2D eigenvalue weighted by atomic mass is 32.1. The Hall–Kier alpha value is -2.65. The van der Waals surface area contributed by atoms with Crippen LogP contribution in [0.2, 0.25) is 0 Å². The molecule has 0 fully saturated rings. The van der Waals surface area contributed by atoms with Crippen molar-refractivity contribution >= 4 is 23.2 Å². The number of carbonyl (C=O) groups is 2. The van der Waals surface area contributed by atoms with Crippen molar-refractivity contribution in [2.75, 3.05) is 20.5 Å². The largest absolute Gasteiger partial charge is 0.480 e. The van der Waals surface area contributed by atoms with E-state index in [4.69, 9.17) is 19.3 Å². The van der Waals surface area contributed by atoms with Crippen LogP contribution in [0, 0.1) is 0 Å². The van der Waals surface area contributed by atoms with Crippen molar-refractivity contribution in [3.05, 3.63) is 29.3 Å². The SMILES string of the molecule is COCC(NC(=O)Cc1csc(-c2ccc3c(c2)OCO3)n1)C(=O)O. The van der Waals surface area contributed by atoms with Crippen LogP contribution in [-0.2, 0) is 20.7 Å². The third-order valence-corrected chi connectivity index (χ3v) is 4.42. The Labute approximate surface area is 147 Å². The number of rotatable bonds is 7. The van der Waals surface area contributed by atoms with E-state index in [1.165, 1.54) is 18.4 Å². The summed E-state index contributed by atoms with van der Waals surface area (Å²) < 4.78 is 15.4. The van der Waals surface area contributed by atoms with Gasteiger partial charge in [-0.3, -0.25) is 4.79 Å². The number of carboxylic acids is 1. The minimum atomic E-state index is -1.14. The molecule has 1 aliphatic heterocycles. The molecule has 1 aromatic carbocycles. The van der Waals surface area contributed by atoms with Crippen LogP contribution in [0.4, 0.5) is 0 Å². The first-order valence-corrected chi connectivity index (χ1v) is 8.30. The Kier molecular flexibility index (Phi) is 5.15. The average molecular weight is 364 g/mol. The quantitative estimate of drug-likeness (QED) is 0.762. The minimum absolute atomic E-state index is 0.00541. The molecular weight excluding hydrogens is 348 g/mol. The highest BCUT2D eigenvalue weighted by Crippen LogP contribution is 2.36. The number of hydrogen-bond donors (Lipinski definition) is 2. The van der Waals surface area contributed by atoms with Crippen molar-refractivity contribution < 1.29 is 28.9 Å². The van der Waals surface area contributed by atoms with E-state index in [0.717, 1.165) is 10.6 Å². The van der Waals surface area contributed by atoms with Gasteiger partial charge in [0.25, 0.3) is 0 Å². The van der Waals surface area contributed by atoms with Crippen LogP contribution in [0.25, 0.3) is 10.6 Å². The molecule has 2 heterocycles. The maximum absolute atomic E-state index is 12.0. The van der Waals surface area contributed by atoms with Gasteiger partial charge in [-0.05, 0) is 18.2 Å². The standard InChI is InChI=1S/C16H16N2O6S/c1-22-6-11(16(20)21)18-14(19)5-10-7-25-15(17-10)9-2-3-12-13(4-9)24-8-23-12/h2-4,7,11H,5-6,8H2,1H3,(H,18,19)(H,20,21). The maximum Gasteiger partial charge on any atom is 0.328 e. The molecule has 132 valence electrons. The van der Waals surface area contributed by atoms with Gasteiger partial charge in [-0.25, -0.2) is 9.78 Å². The highest BCUT2D eigenvalue weighted by Gasteiger charge is 2.20. The lowest BCUT2D eigenvalue weighted by molar-refractivity contribution is -0.143. The van der Waals surface area contributed by atoms with Crippen LogP contribution in [-0.4, -0.2) is 48.5 Å². The number of benzene rings is 1. The Balaban J connectivity index is 1.65. The van der Waals surface area contributed by atoms with E-state index in [1.54, 1.807) is 5.38 Å². The molecule has 3 rings (SSSR count). The fourth-order valence-corrected chi connectivity index (χ4v) is 3.12. The third-order valence-electron chi connectivity index (χ3n) is 3.48. The molecule has 0 saturated carbocycles. The second-order valence-electron chi connectivity index (χ2n) is 5.30. The molecule has 1 atom stereocenters. The second-order valence-corrected chi connectivity index (χ2v) is 6.16. The summed E-state index contributed by atoms with van der Waals surface area (Å²) in [7, 11) is 1.38. The Morgan fingerprint density at radius 1 is 1.40 bits per heavy atom. The van der Waals surface area contributed by atoms with Crippen molar-refractivity contribution in [3.8, 4) is 22.1 Å². The van der Waals surface area contributed by atoms with Gasteiger partial charge in [-0.15, -0.1) is 11.3 Å². The van der Waals surface area contributed by atoms with Gasteiger partial charge < -0.3 is 24.6 Å². The van der Waals surface area contributed by atoms with Gasteiger partial charge in [0.2, 0.25) is 12.7 Å². The van der Waals surface area contributed by atoms with E-state index in [0.29, 0.717) is 17.2 Å². The van der Waals surface area contributed by atoms with E-state index in [-0.39, 0.29) is 19.8 Å². The molecule has 0 aliphatic carbocycles. The topological polar surface area (TPSA) is 107 Å². The number of carboxylic acid groups (broad SMARTS) is 1. The predicted octanol–water partition coefficient (Wildman–Crippen LogP) is 1.30. The monoisotopic (exact) mass is 364 g/mol. The smallest absolute Gasteiger partial charge is 0.328 e. The van der Waals surface area contributed by atoms with Gasteiger partial charge in [0.1, 0.15) is 5.01 Å². The fraction of sp³-hybridized carbons (Fsp3) is 0.312. The van der Waals surface area contributed by atoms with Crippen LogP contribution in [0.15, 0.2) is 23.6 Å². The number of carbonyl (C=O) groups excluding carboxylic acids is 1. The number of amides is 1. The van der Waals surface area contributed by atoms with Gasteiger partial charge in [-0.2, -0.15) is 0 Å². The zero-order chi connectivity index (χ0) is 17.8. The lowest BCUT2D eigenvalue weighted by Crippen LogP contribution is -2.44. The van der Waals surface area contributed by atoms with Gasteiger partial charge in [0, 0.05) is 18.1 Å². The first-order chi connectivity index (χ1) is 12.1. The van der Waals surface area contributed by atoms with Crippen molar-refractivity contribution in [2.45, 2.75) is 12.5 Å². The van der Waals surface area contributed by atoms with E-state index < -0.39 is 17.9 Å². The van der Waals surface area contributed by atoms with Crippen molar-refractivity contribution in [1.29, 1.82) is 0 Å². The first kappa shape index (κ1) is 17.2. The summed E-state index contributed by atoms with van der Waals surface area (Å²) in [5.41, 5.74) is 1.43. The summed E-state index contributed by atoms with van der Waals surface area (Å²) in [6, 6.07) is 4.44. The van der Waals surface area contributed by atoms with E-state index >= 15 is 0 Å². The minimum Gasteiger partial charge on any atom is -0.480 e. The molecule has 2 aromatic rings. The van der Waals surface area contributed by atoms with Crippen LogP contribution in [0.3, 0.4) is 0 Å². The normalized spacial score (nSPS) is 13.5. The maximum atomic E-state index is 12.0. The van der Waals surface area contributed by atoms with E-state index in [2.05, 4.69) is 10.3 Å². The molecule has 1 aliphatic rings. The summed E-state index contributed by atoms with van der Waals surface area (Å²) >= 11 is 1.40. The summed E-state index contributed by atoms with van der Waals surface area (Å²) in [5, 5.41) is 13.9. The molecule has 0 bridgehead atoms. The fourth-order valence-electron chi connectivity index (χ4n) is 2.30. The number of nitrogens with one attached hydrogen (secondary N) is 1. The van der Waals surface area contributed by atoms with Crippen molar-refractivity contribution in [3.63, 3.8) is 0 Å². The molecule has 0 spiro atoms. The summed E-state index contributed by atoms with van der Waals surface area (Å²) in [4.78, 5) is 27.5. The number of aliphatic carboxylic acids is 1. The van der Waals surface area contributed by atoms with Crippen LogP contribution in [0.5, 0.6) is 11.5 Å². The zero-order valence-corrected chi connectivity index (χ0v) is 14.2. The van der Waals surface area contributed by atoms with Gasteiger partial charge in [-0.1, -0.05) is 0 Å². The molecule has 1 amide bonds. The number of methoxy groups -OCH3 is 1. The molecular formula is C16H16N2O6S. The lowest BCUT2D eigenvalue weighted by Gasteiger charge is -2.12. The molecule has 1 unspecified atom stereocenters. The van der Waals surface area contributed by atoms with E-state index in [1.807, 2.05) is 18.2 Å². The average Bonchev–Trinajstić information content (AvgIpc) is 3.22. The Morgan fingerprint density at radius 2 is 2.20 bits per heavy atom. The number of ether oxygens (including phenoxy) is 3. The number of nitrogens with zero attached hydrogens (tertiary/aromatic N) is 1. The highest BCUT2D eigenvalue weighted by molar-refractivity contribution is 7.13. The number of hydrogen-bond acceptors (Lipinski definition) is 7. The third kappa shape index (κ3) is 4.06. The van der Waals surface area contributed by atoms with Crippen molar-refractivity contribution in [2.24, 2.45) is 0 Å². The number of thiazole rings is 1. The molecule has 25 heavy (non-hydrogen) atoms. The second kappa shape index (κ2) is 7.49. The Morgan fingerprint density at radius 3 is 2.96 bits per heavy atom. The molecule has 0 saturated heterocycles. The molecule has 0 radical (unpaired) electrons. The predicted molar refractivity (Wildman–Crippen MR) is 88.8 cm³/mol. The van der Waals surface area contributed by atoms with Crippen molar-refractivity contribution in [1.82, 2.24) is 10.3 Å². The summed E-state index contributed by atoms with van der Waals surface area (Å²) in [6.45, 7) is 0.106. The van der Waals surface area contributed by atoms with Gasteiger partial charge in [0.05, 0.1) is 18.7 Å². The summed E-state index contributed by atoms with van der Waals surface area (Å²) in [5.74, 6) is -0.213. The zero-order valence-electron chi connectivity index (χ0n) is 13.4. The van der Waals surface area contributed by atoms with Crippen LogP contribution in [0.1, 0.15) is 5.69 Å².